The van der Waals surface area contributed by atoms with E-state index in [0.29, 0.717) is 33.1 Å². The highest BCUT2D eigenvalue weighted by atomic mass is 35.5. The van der Waals surface area contributed by atoms with Gasteiger partial charge in [-0.25, -0.2) is 4.99 Å². The highest BCUT2D eigenvalue weighted by molar-refractivity contribution is 8.18. The highest BCUT2D eigenvalue weighted by Crippen LogP contribution is 2.36. The van der Waals surface area contributed by atoms with E-state index in [2.05, 4.69) is 18.8 Å². The zero-order valence-electron chi connectivity index (χ0n) is 14.5. The van der Waals surface area contributed by atoms with Crippen LogP contribution < -0.4 is 0 Å². The Morgan fingerprint density at radius 1 is 1.23 bits per heavy atom. The van der Waals surface area contributed by atoms with E-state index in [4.69, 9.17) is 11.6 Å². The second kappa shape index (κ2) is 7.98. The quantitative estimate of drug-likeness (QED) is 0.725. The summed E-state index contributed by atoms with van der Waals surface area (Å²) in [6, 6.07) is 14.3. The van der Waals surface area contributed by atoms with Crippen molar-refractivity contribution in [3.05, 3.63) is 64.0 Å². The first-order chi connectivity index (χ1) is 12.4. The molecule has 0 radical (unpaired) electrons. The van der Waals surface area contributed by atoms with E-state index in [0.717, 1.165) is 5.69 Å². The molecule has 2 aromatic carbocycles. The van der Waals surface area contributed by atoms with Crippen molar-refractivity contribution in [1.29, 1.82) is 0 Å². The number of phenols is 1. The lowest BCUT2D eigenvalue weighted by molar-refractivity contribution is -0.122. The van der Waals surface area contributed by atoms with Crippen LogP contribution in [0.2, 0.25) is 5.02 Å². The Morgan fingerprint density at radius 3 is 2.65 bits per heavy atom. The van der Waals surface area contributed by atoms with Gasteiger partial charge in [0.2, 0.25) is 0 Å². The molecule has 0 aliphatic carbocycles. The van der Waals surface area contributed by atoms with Gasteiger partial charge in [0.05, 0.1) is 10.6 Å². The molecule has 3 rings (SSSR count). The number of nitrogens with zero attached hydrogens (tertiary/aromatic N) is 2. The summed E-state index contributed by atoms with van der Waals surface area (Å²) in [7, 11) is 0. The number of aliphatic imine (C=N–C) groups is 1. The van der Waals surface area contributed by atoms with Gasteiger partial charge in [-0.05, 0) is 54.1 Å². The number of thioether (sulfide) groups is 1. The van der Waals surface area contributed by atoms with Crippen molar-refractivity contribution in [3.63, 3.8) is 0 Å². The first kappa shape index (κ1) is 18.5. The van der Waals surface area contributed by atoms with E-state index < -0.39 is 0 Å². The number of rotatable bonds is 4. The molecule has 134 valence electrons. The molecule has 1 N–H and O–H groups in total. The number of hydrogen-bond donors (Lipinski definition) is 1. The molecule has 2 aromatic rings. The van der Waals surface area contributed by atoms with Crippen molar-refractivity contribution in [3.8, 4) is 5.75 Å². The van der Waals surface area contributed by atoms with Gasteiger partial charge in [0.25, 0.3) is 5.91 Å². The molecule has 0 aromatic heterocycles. The Kier molecular flexibility index (Phi) is 5.69. The average molecular weight is 387 g/mol. The highest BCUT2D eigenvalue weighted by Gasteiger charge is 2.33. The number of amides is 1. The van der Waals surface area contributed by atoms with Crippen LogP contribution in [0.4, 0.5) is 5.69 Å². The van der Waals surface area contributed by atoms with Crippen LogP contribution in [0.3, 0.4) is 0 Å². The van der Waals surface area contributed by atoms with Gasteiger partial charge in [-0.15, -0.1) is 0 Å². The number of para-hydroxylation sites is 1. The van der Waals surface area contributed by atoms with Gasteiger partial charge >= 0.3 is 0 Å². The van der Waals surface area contributed by atoms with Crippen LogP contribution in [0.15, 0.2) is 58.4 Å². The average Bonchev–Trinajstić information content (AvgIpc) is 2.87. The number of amidine groups is 1. The fraction of sp³-hybridized carbons (Fsp3) is 0.200. The fourth-order valence-corrected chi connectivity index (χ4v) is 3.69. The normalized spacial score (nSPS) is 17.7. The van der Waals surface area contributed by atoms with Gasteiger partial charge in [0.1, 0.15) is 5.75 Å². The Morgan fingerprint density at radius 2 is 1.96 bits per heavy atom. The molecule has 1 saturated heterocycles. The van der Waals surface area contributed by atoms with E-state index in [1.54, 1.807) is 23.1 Å². The predicted octanol–water partition coefficient (Wildman–Crippen LogP) is 5.31. The van der Waals surface area contributed by atoms with Crippen LogP contribution in [0.5, 0.6) is 5.75 Å². The lowest BCUT2D eigenvalue weighted by atomic mass is 10.1. The van der Waals surface area contributed by atoms with Crippen molar-refractivity contribution in [2.24, 2.45) is 10.9 Å². The zero-order chi connectivity index (χ0) is 18.7. The third-order valence-corrected chi connectivity index (χ3v) is 4.93. The Bertz CT molecular complexity index is 879. The molecule has 1 fully saturated rings. The van der Waals surface area contributed by atoms with Crippen molar-refractivity contribution in [1.82, 2.24) is 4.90 Å². The van der Waals surface area contributed by atoms with Gasteiger partial charge in [-0.2, -0.15) is 0 Å². The maximum atomic E-state index is 12.9. The van der Waals surface area contributed by atoms with Crippen molar-refractivity contribution in [2.75, 3.05) is 6.54 Å². The molecule has 0 bridgehead atoms. The summed E-state index contributed by atoms with van der Waals surface area (Å²) in [4.78, 5) is 19.7. The number of halogens is 1. The maximum Gasteiger partial charge on any atom is 0.266 e. The zero-order valence-corrected chi connectivity index (χ0v) is 16.1. The minimum atomic E-state index is -0.113. The van der Waals surface area contributed by atoms with Crippen LogP contribution in [0.1, 0.15) is 19.4 Å². The number of aromatic hydroxyl groups is 1. The van der Waals surface area contributed by atoms with Crippen LogP contribution in [-0.2, 0) is 4.79 Å². The summed E-state index contributed by atoms with van der Waals surface area (Å²) in [5, 5.41) is 11.2. The first-order valence-electron chi connectivity index (χ1n) is 8.27. The molecule has 0 saturated carbocycles. The maximum absolute atomic E-state index is 12.9. The Balaban J connectivity index is 1.98. The fourth-order valence-electron chi connectivity index (χ4n) is 2.51. The molecule has 4 nitrogen and oxygen atoms in total. The van der Waals surface area contributed by atoms with Gasteiger partial charge in [0.15, 0.2) is 5.17 Å². The van der Waals surface area contributed by atoms with Gasteiger partial charge < -0.3 is 5.11 Å². The largest absolute Gasteiger partial charge is 0.507 e. The second-order valence-electron chi connectivity index (χ2n) is 6.35. The summed E-state index contributed by atoms with van der Waals surface area (Å²) in [5.41, 5.74) is 1.31. The first-order valence-corrected chi connectivity index (χ1v) is 9.47. The Hall–Kier alpha value is -2.24. The number of phenolic OH excluding ortho intramolecular Hbond substituents is 1. The molecular formula is C20H19ClN2O2S. The monoisotopic (exact) mass is 386 g/mol. The van der Waals surface area contributed by atoms with Crippen molar-refractivity contribution >= 4 is 46.2 Å². The molecule has 0 unspecified atom stereocenters. The van der Waals surface area contributed by atoms with Gasteiger partial charge in [0, 0.05) is 17.1 Å². The SMILES string of the molecule is CC(C)CN1C(=O)/C(=C/c2cc(Cl)ccc2O)SC1=Nc1ccccc1. The number of benzene rings is 2. The molecular weight excluding hydrogens is 368 g/mol. The van der Waals surface area contributed by atoms with Crippen LogP contribution >= 0.6 is 23.4 Å². The van der Waals surface area contributed by atoms with Crippen LogP contribution in [-0.4, -0.2) is 27.6 Å². The third-order valence-electron chi connectivity index (χ3n) is 3.69. The lowest BCUT2D eigenvalue weighted by Gasteiger charge is -2.17. The molecule has 1 amide bonds. The third kappa shape index (κ3) is 4.29. The smallest absolute Gasteiger partial charge is 0.266 e. The predicted molar refractivity (Wildman–Crippen MR) is 109 cm³/mol. The Labute approximate surface area is 162 Å². The number of carbonyl (C=O) groups is 1. The van der Waals surface area contributed by atoms with Gasteiger partial charge in [-0.3, -0.25) is 9.69 Å². The van der Waals surface area contributed by atoms with E-state index in [1.807, 2.05) is 30.3 Å². The summed E-state index contributed by atoms with van der Waals surface area (Å²) < 4.78 is 0. The molecule has 1 aliphatic heterocycles. The summed E-state index contributed by atoms with van der Waals surface area (Å²) in [5.74, 6) is 0.274. The van der Waals surface area contributed by atoms with E-state index in [9.17, 15) is 9.90 Å². The summed E-state index contributed by atoms with van der Waals surface area (Å²) in [6.07, 6.45) is 1.66. The second-order valence-corrected chi connectivity index (χ2v) is 7.80. The lowest BCUT2D eigenvalue weighted by Crippen LogP contribution is -2.32. The van der Waals surface area contributed by atoms with E-state index >= 15 is 0 Å². The summed E-state index contributed by atoms with van der Waals surface area (Å²) >= 11 is 7.31. The molecule has 6 heteroatoms. The molecule has 1 heterocycles. The van der Waals surface area contributed by atoms with Crippen molar-refractivity contribution in [2.45, 2.75) is 13.8 Å². The standard InChI is InChI=1S/C20H19ClN2O2S/c1-13(2)12-23-19(25)18(11-14-10-15(21)8-9-17(14)24)26-20(23)22-16-6-4-3-5-7-16/h3-11,13,24H,12H2,1-2H3/b18-11-,22-20?. The van der Waals surface area contributed by atoms with Gasteiger partial charge in [-0.1, -0.05) is 43.6 Å². The molecule has 0 atom stereocenters. The topological polar surface area (TPSA) is 52.9 Å². The number of hydrogen-bond acceptors (Lipinski definition) is 4. The molecule has 0 spiro atoms. The molecule has 26 heavy (non-hydrogen) atoms. The minimum Gasteiger partial charge on any atom is -0.507 e. The van der Waals surface area contributed by atoms with E-state index in [1.165, 1.54) is 17.8 Å². The van der Waals surface area contributed by atoms with Crippen LogP contribution in [0, 0.1) is 5.92 Å². The minimum absolute atomic E-state index is 0.0826. The van der Waals surface area contributed by atoms with E-state index in [-0.39, 0.29) is 11.7 Å². The summed E-state index contributed by atoms with van der Waals surface area (Å²) in [6.45, 7) is 4.70. The number of carbonyl (C=O) groups excluding carboxylic acids is 1. The van der Waals surface area contributed by atoms with Crippen LogP contribution in [0.25, 0.3) is 6.08 Å². The molecule has 1 aliphatic rings. The van der Waals surface area contributed by atoms with Crippen molar-refractivity contribution < 1.29 is 9.90 Å².